The first-order valence-electron chi connectivity index (χ1n) is 5.59. The molecule has 0 amide bonds. The van der Waals surface area contributed by atoms with E-state index in [0.717, 1.165) is 11.1 Å². The van der Waals surface area contributed by atoms with Gasteiger partial charge in [-0.05, 0) is 18.1 Å². The molecule has 1 fully saturated rings. The summed E-state index contributed by atoms with van der Waals surface area (Å²) in [4.78, 5) is 12.0. The van der Waals surface area contributed by atoms with Crippen molar-refractivity contribution < 1.29 is 9.53 Å². The summed E-state index contributed by atoms with van der Waals surface area (Å²) in [5.41, 5.74) is 8.07. The molecule has 1 aromatic carbocycles. The minimum absolute atomic E-state index is 0.125. The van der Waals surface area contributed by atoms with E-state index in [9.17, 15) is 4.79 Å². The summed E-state index contributed by atoms with van der Waals surface area (Å²) in [6.07, 6.45) is 0.467. The van der Waals surface area contributed by atoms with Crippen molar-refractivity contribution in [2.75, 3.05) is 13.2 Å². The number of benzene rings is 1. The van der Waals surface area contributed by atoms with Gasteiger partial charge in [-0.2, -0.15) is 0 Å². The van der Waals surface area contributed by atoms with Crippen LogP contribution in [-0.2, 0) is 16.0 Å². The molecule has 0 bridgehead atoms. The number of carbonyl (C=O) groups is 1. The third kappa shape index (κ3) is 2.31. The van der Waals surface area contributed by atoms with Gasteiger partial charge in [0.2, 0.25) is 0 Å². The molecule has 0 aliphatic carbocycles. The maximum Gasteiger partial charge on any atom is 0.144 e. The van der Waals surface area contributed by atoms with E-state index in [1.807, 2.05) is 31.2 Å². The van der Waals surface area contributed by atoms with E-state index in [0.29, 0.717) is 19.6 Å². The number of nitrogens with two attached hydrogens (primary N) is 1. The van der Waals surface area contributed by atoms with Crippen LogP contribution in [0.5, 0.6) is 0 Å². The number of rotatable bonds is 3. The Balaban J connectivity index is 2.05. The van der Waals surface area contributed by atoms with Crippen LogP contribution in [0, 0.1) is 12.8 Å². The van der Waals surface area contributed by atoms with Crippen LogP contribution in [0.3, 0.4) is 0 Å². The van der Waals surface area contributed by atoms with Gasteiger partial charge in [-0.3, -0.25) is 4.79 Å². The quantitative estimate of drug-likeness (QED) is 0.827. The topological polar surface area (TPSA) is 52.3 Å². The maximum atomic E-state index is 12.0. The van der Waals surface area contributed by atoms with Gasteiger partial charge in [0.15, 0.2) is 0 Å². The standard InChI is InChI=1S/C13H17NO2/c1-9-4-2-3-5-10(9)6-13(15)11-7-16-8-12(11)14/h2-5,11-12H,6-8,14H2,1H3. The molecule has 3 nitrogen and oxygen atoms in total. The number of aryl methyl sites for hydroxylation is 1. The van der Waals surface area contributed by atoms with Crippen LogP contribution in [-0.4, -0.2) is 25.0 Å². The molecule has 1 aliphatic rings. The minimum Gasteiger partial charge on any atom is -0.379 e. The van der Waals surface area contributed by atoms with Crippen LogP contribution < -0.4 is 5.73 Å². The van der Waals surface area contributed by atoms with Crippen LogP contribution in [0.4, 0.5) is 0 Å². The largest absolute Gasteiger partial charge is 0.379 e. The van der Waals surface area contributed by atoms with Gasteiger partial charge in [-0.25, -0.2) is 0 Å². The molecule has 0 spiro atoms. The summed E-state index contributed by atoms with van der Waals surface area (Å²) < 4.78 is 5.21. The highest BCUT2D eigenvalue weighted by Crippen LogP contribution is 2.17. The Hall–Kier alpha value is -1.19. The number of hydrogen-bond donors (Lipinski definition) is 1. The van der Waals surface area contributed by atoms with E-state index >= 15 is 0 Å². The SMILES string of the molecule is Cc1ccccc1CC(=O)C1COCC1N. The molecule has 2 N–H and O–H groups in total. The zero-order chi connectivity index (χ0) is 11.5. The summed E-state index contributed by atoms with van der Waals surface area (Å²) in [6, 6.07) is 7.83. The van der Waals surface area contributed by atoms with Gasteiger partial charge in [0, 0.05) is 12.5 Å². The summed E-state index contributed by atoms with van der Waals surface area (Å²) in [7, 11) is 0. The smallest absolute Gasteiger partial charge is 0.144 e. The summed E-state index contributed by atoms with van der Waals surface area (Å²) >= 11 is 0. The lowest BCUT2D eigenvalue weighted by molar-refractivity contribution is -0.122. The zero-order valence-electron chi connectivity index (χ0n) is 9.48. The Kier molecular flexibility index (Phi) is 3.36. The van der Waals surface area contributed by atoms with Gasteiger partial charge in [-0.15, -0.1) is 0 Å². The molecular formula is C13H17NO2. The fourth-order valence-electron chi connectivity index (χ4n) is 2.03. The van der Waals surface area contributed by atoms with E-state index in [1.54, 1.807) is 0 Å². The van der Waals surface area contributed by atoms with Crippen LogP contribution >= 0.6 is 0 Å². The Labute approximate surface area is 95.6 Å². The fourth-order valence-corrected chi connectivity index (χ4v) is 2.03. The number of ketones is 1. The van der Waals surface area contributed by atoms with Crippen LogP contribution in [0.25, 0.3) is 0 Å². The van der Waals surface area contributed by atoms with Crippen LogP contribution in [0.2, 0.25) is 0 Å². The maximum absolute atomic E-state index is 12.0. The summed E-state index contributed by atoms with van der Waals surface area (Å²) in [5.74, 6) is 0.0684. The van der Waals surface area contributed by atoms with Crippen molar-refractivity contribution in [3.8, 4) is 0 Å². The van der Waals surface area contributed by atoms with E-state index in [2.05, 4.69) is 0 Å². The molecule has 16 heavy (non-hydrogen) atoms. The highest BCUT2D eigenvalue weighted by molar-refractivity contribution is 5.84. The first kappa shape index (κ1) is 11.3. The van der Waals surface area contributed by atoms with Gasteiger partial charge in [0.05, 0.1) is 19.1 Å². The first-order valence-corrected chi connectivity index (χ1v) is 5.59. The predicted octanol–water partition coefficient (Wildman–Crippen LogP) is 1.08. The lowest BCUT2D eigenvalue weighted by atomic mass is 9.93. The lowest BCUT2D eigenvalue weighted by Crippen LogP contribution is -2.34. The highest BCUT2D eigenvalue weighted by Gasteiger charge is 2.30. The van der Waals surface area contributed by atoms with Crippen molar-refractivity contribution in [3.05, 3.63) is 35.4 Å². The van der Waals surface area contributed by atoms with Crippen LogP contribution in [0.1, 0.15) is 11.1 Å². The third-order valence-corrected chi connectivity index (χ3v) is 3.16. The number of hydrogen-bond acceptors (Lipinski definition) is 3. The molecule has 2 rings (SSSR count). The van der Waals surface area contributed by atoms with Crippen molar-refractivity contribution in [1.82, 2.24) is 0 Å². The third-order valence-electron chi connectivity index (χ3n) is 3.16. The van der Waals surface area contributed by atoms with Crippen molar-refractivity contribution in [3.63, 3.8) is 0 Å². The van der Waals surface area contributed by atoms with E-state index in [4.69, 9.17) is 10.5 Å². The second-order valence-electron chi connectivity index (χ2n) is 4.38. The van der Waals surface area contributed by atoms with Gasteiger partial charge in [0.25, 0.3) is 0 Å². The normalized spacial score (nSPS) is 24.6. The molecule has 0 saturated carbocycles. The van der Waals surface area contributed by atoms with Gasteiger partial charge in [-0.1, -0.05) is 24.3 Å². The van der Waals surface area contributed by atoms with Gasteiger partial charge < -0.3 is 10.5 Å². The second-order valence-corrected chi connectivity index (χ2v) is 4.38. The average molecular weight is 219 g/mol. The second kappa shape index (κ2) is 4.76. The summed E-state index contributed by atoms with van der Waals surface area (Å²) in [6.45, 7) is 3.00. The molecule has 1 aliphatic heterocycles. The molecule has 0 aromatic heterocycles. The molecule has 0 radical (unpaired) electrons. The Bertz CT molecular complexity index is 389. The number of carbonyl (C=O) groups excluding carboxylic acids is 1. The predicted molar refractivity (Wildman–Crippen MR) is 62.2 cm³/mol. The molecule has 3 heteroatoms. The number of Topliss-reactive ketones (excluding diaryl/α,β-unsaturated/α-hetero) is 1. The number of ether oxygens (including phenoxy) is 1. The summed E-state index contributed by atoms with van der Waals surface area (Å²) in [5, 5.41) is 0. The monoisotopic (exact) mass is 219 g/mol. The average Bonchev–Trinajstić information content (AvgIpc) is 2.68. The molecule has 1 heterocycles. The van der Waals surface area contributed by atoms with Crippen molar-refractivity contribution in [2.45, 2.75) is 19.4 Å². The first-order chi connectivity index (χ1) is 7.68. The molecular weight excluding hydrogens is 202 g/mol. The molecule has 2 unspecified atom stereocenters. The molecule has 1 aromatic rings. The lowest BCUT2D eigenvalue weighted by Gasteiger charge is -2.12. The zero-order valence-corrected chi connectivity index (χ0v) is 9.48. The molecule has 1 saturated heterocycles. The van der Waals surface area contributed by atoms with Gasteiger partial charge in [0.1, 0.15) is 5.78 Å². The van der Waals surface area contributed by atoms with Crippen LogP contribution in [0.15, 0.2) is 24.3 Å². The molecule has 86 valence electrons. The fraction of sp³-hybridized carbons (Fsp3) is 0.462. The molecule has 2 atom stereocenters. The van der Waals surface area contributed by atoms with Crippen molar-refractivity contribution in [2.24, 2.45) is 11.7 Å². The van der Waals surface area contributed by atoms with Gasteiger partial charge >= 0.3 is 0 Å². The minimum atomic E-state index is -0.128. The van der Waals surface area contributed by atoms with E-state index in [-0.39, 0.29) is 17.7 Å². The van der Waals surface area contributed by atoms with E-state index in [1.165, 1.54) is 0 Å². The Morgan fingerprint density at radius 2 is 2.19 bits per heavy atom. The van der Waals surface area contributed by atoms with E-state index < -0.39 is 0 Å². The Morgan fingerprint density at radius 1 is 1.44 bits per heavy atom. The highest BCUT2D eigenvalue weighted by atomic mass is 16.5. The van der Waals surface area contributed by atoms with Crippen molar-refractivity contribution in [1.29, 1.82) is 0 Å². The van der Waals surface area contributed by atoms with Crippen molar-refractivity contribution >= 4 is 5.78 Å². The Morgan fingerprint density at radius 3 is 2.81 bits per heavy atom.